The third kappa shape index (κ3) is 2.45. The molecule has 0 bridgehead atoms. The van der Waals surface area contributed by atoms with Gasteiger partial charge in [-0.25, -0.2) is 9.97 Å². The van der Waals surface area contributed by atoms with Gasteiger partial charge in [-0.2, -0.15) is 0 Å². The molecule has 0 aromatic carbocycles. The van der Waals surface area contributed by atoms with Crippen LogP contribution in [0, 0.1) is 12.3 Å². The first-order valence-electron chi connectivity index (χ1n) is 8.43. The van der Waals surface area contributed by atoms with Crippen molar-refractivity contribution in [3.05, 3.63) is 45.6 Å². The van der Waals surface area contributed by atoms with Gasteiger partial charge in [0.05, 0.1) is 21.8 Å². The fourth-order valence-electron chi connectivity index (χ4n) is 4.08. The van der Waals surface area contributed by atoms with Gasteiger partial charge in [0.1, 0.15) is 11.5 Å². The van der Waals surface area contributed by atoms with Crippen molar-refractivity contribution in [3.63, 3.8) is 0 Å². The minimum absolute atomic E-state index is 0.0734. The number of fused-ring (bicyclic) bond motifs is 1. The Bertz CT molecular complexity index is 942. The van der Waals surface area contributed by atoms with Crippen molar-refractivity contribution in [2.75, 3.05) is 13.1 Å². The summed E-state index contributed by atoms with van der Waals surface area (Å²) < 4.78 is 2.35. The second-order valence-corrected chi connectivity index (χ2v) is 9.04. The maximum atomic E-state index is 12.7. The van der Waals surface area contributed by atoms with E-state index in [0.29, 0.717) is 5.69 Å². The monoisotopic (exact) mass is 370 g/mol. The lowest BCUT2D eigenvalue weighted by Gasteiger charge is -2.23. The van der Waals surface area contributed by atoms with Gasteiger partial charge in [0.2, 0.25) is 0 Å². The van der Waals surface area contributed by atoms with Gasteiger partial charge in [0, 0.05) is 36.9 Å². The van der Waals surface area contributed by atoms with Gasteiger partial charge in [0.25, 0.3) is 5.91 Å². The number of aromatic nitrogens is 3. The summed E-state index contributed by atoms with van der Waals surface area (Å²) in [7, 11) is 0. The molecular weight excluding hydrogens is 352 g/mol. The maximum absolute atomic E-state index is 12.7. The zero-order chi connectivity index (χ0) is 17.0. The van der Waals surface area contributed by atoms with E-state index >= 15 is 0 Å². The van der Waals surface area contributed by atoms with Crippen molar-refractivity contribution in [2.45, 2.75) is 26.3 Å². The molecule has 7 heteroatoms. The van der Waals surface area contributed by atoms with Gasteiger partial charge < -0.3 is 9.47 Å². The van der Waals surface area contributed by atoms with Gasteiger partial charge in [0.15, 0.2) is 0 Å². The van der Waals surface area contributed by atoms with Gasteiger partial charge >= 0.3 is 0 Å². The van der Waals surface area contributed by atoms with Crippen molar-refractivity contribution in [1.82, 2.24) is 19.4 Å². The Morgan fingerprint density at radius 1 is 1.32 bits per heavy atom. The Labute approximate surface area is 154 Å². The number of hydrogen-bond acceptors (Lipinski definition) is 5. The Balaban J connectivity index is 1.37. The Morgan fingerprint density at radius 3 is 3.00 bits per heavy atom. The summed E-state index contributed by atoms with van der Waals surface area (Å²) in [5.74, 6) is 1.23. The van der Waals surface area contributed by atoms with Crippen molar-refractivity contribution < 1.29 is 4.79 Å². The van der Waals surface area contributed by atoms with E-state index in [1.165, 1.54) is 21.9 Å². The maximum Gasteiger partial charge on any atom is 0.273 e. The fourth-order valence-corrected chi connectivity index (χ4v) is 5.42. The summed E-state index contributed by atoms with van der Waals surface area (Å²) in [6.07, 6.45) is 3.98. The van der Waals surface area contributed by atoms with Crippen LogP contribution in [-0.4, -0.2) is 38.4 Å². The summed E-state index contributed by atoms with van der Waals surface area (Å²) in [4.78, 5) is 25.0. The molecule has 2 aliphatic rings. The minimum Gasteiger partial charge on any atom is -0.337 e. The van der Waals surface area contributed by atoms with Crippen LogP contribution in [0.3, 0.4) is 0 Å². The lowest BCUT2D eigenvalue weighted by Crippen LogP contribution is -2.33. The number of nitrogens with zero attached hydrogens (tertiary/aromatic N) is 4. The number of imidazole rings is 1. The Morgan fingerprint density at radius 2 is 2.24 bits per heavy atom. The first-order valence-corrected chi connectivity index (χ1v) is 10.2. The quantitative estimate of drug-likeness (QED) is 0.694. The van der Waals surface area contributed by atoms with E-state index in [1.807, 2.05) is 23.4 Å². The summed E-state index contributed by atoms with van der Waals surface area (Å²) >= 11 is 3.29. The molecule has 0 saturated carbocycles. The van der Waals surface area contributed by atoms with Crippen LogP contribution in [0.2, 0.25) is 0 Å². The number of rotatable bonds is 2. The van der Waals surface area contributed by atoms with E-state index in [0.717, 1.165) is 43.3 Å². The zero-order valence-electron chi connectivity index (χ0n) is 13.9. The molecule has 0 unspecified atom stereocenters. The summed E-state index contributed by atoms with van der Waals surface area (Å²) in [5.41, 5.74) is 1.94. The molecule has 25 heavy (non-hydrogen) atoms. The van der Waals surface area contributed by atoms with E-state index in [1.54, 1.807) is 11.3 Å². The minimum atomic E-state index is 0.0734. The molecule has 1 spiro atoms. The van der Waals surface area contributed by atoms with Gasteiger partial charge in [-0.05, 0) is 24.8 Å². The predicted molar refractivity (Wildman–Crippen MR) is 99.0 cm³/mol. The van der Waals surface area contributed by atoms with E-state index in [2.05, 4.69) is 32.0 Å². The number of aryl methyl sites for hydroxylation is 1. The van der Waals surface area contributed by atoms with Crippen LogP contribution in [0.15, 0.2) is 29.1 Å². The van der Waals surface area contributed by atoms with Crippen LogP contribution in [0.1, 0.15) is 27.7 Å². The van der Waals surface area contributed by atoms with E-state index in [-0.39, 0.29) is 11.3 Å². The molecule has 1 fully saturated rings. The van der Waals surface area contributed by atoms with Gasteiger partial charge in [-0.15, -0.1) is 22.7 Å². The molecular formula is C18H18N4OS2. The SMILES string of the molecule is Cc1nc(C(=O)N2CC[C@@]3(Cc4ncc(-c5cccs5)n4C3)C2)cs1. The molecule has 2 aliphatic heterocycles. The lowest BCUT2D eigenvalue weighted by atomic mass is 9.86. The zero-order valence-corrected chi connectivity index (χ0v) is 15.6. The van der Waals surface area contributed by atoms with Crippen molar-refractivity contribution in [1.29, 1.82) is 0 Å². The molecule has 5 rings (SSSR count). The summed E-state index contributed by atoms with van der Waals surface area (Å²) in [6, 6.07) is 4.23. The highest BCUT2D eigenvalue weighted by Gasteiger charge is 2.46. The standard InChI is InChI=1S/C18H18N4OS2/c1-12-20-13(9-25-12)17(23)21-5-4-18(10-21)7-16-19-8-14(22(16)11-18)15-3-2-6-24-15/h2-3,6,8-9H,4-5,7,10-11H2,1H3/t18-/m1/s1. The number of amides is 1. The highest BCUT2D eigenvalue weighted by atomic mass is 32.1. The average molecular weight is 371 g/mol. The van der Waals surface area contributed by atoms with Crippen LogP contribution >= 0.6 is 22.7 Å². The fraction of sp³-hybridized carbons (Fsp3) is 0.389. The third-order valence-electron chi connectivity index (χ3n) is 5.30. The Hall–Kier alpha value is -1.99. The smallest absolute Gasteiger partial charge is 0.273 e. The van der Waals surface area contributed by atoms with E-state index < -0.39 is 0 Å². The van der Waals surface area contributed by atoms with Gasteiger partial charge in [-0.1, -0.05) is 6.07 Å². The first-order chi connectivity index (χ1) is 12.1. The van der Waals surface area contributed by atoms with Crippen molar-refractivity contribution in [3.8, 4) is 10.6 Å². The second kappa shape index (κ2) is 5.51. The summed E-state index contributed by atoms with van der Waals surface area (Å²) in [6.45, 7) is 4.51. The van der Waals surface area contributed by atoms with Crippen LogP contribution in [0.4, 0.5) is 0 Å². The topological polar surface area (TPSA) is 51.0 Å². The largest absolute Gasteiger partial charge is 0.337 e. The molecule has 5 heterocycles. The van der Waals surface area contributed by atoms with E-state index in [4.69, 9.17) is 0 Å². The Kier molecular flexibility index (Phi) is 3.36. The number of thiophene rings is 1. The molecule has 0 radical (unpaired) electrons. The molecule has 5 nitrogen and oxygen atoms in total. The summed E-state index contributed by atoms with van der Waals surface area (Å²) in [5, 5.41) is 4.92. The number of carbonyl (C=O) groups is 1. The van der Waals surface area contributed by atoms with E-state index in [9.17, 15) is 4.79 Å². The molecule has 3 aromatic rings. The van der Waals surface area contributed by atoms with Crippen molar-refractivity contribution in [2.24, 2.45) is 5.41 Å². The molecule has 1 atom stereocenters. The normalized spacial score (nSPS) is 22.0. The second-order valence-electron chi connectivity index (χ2n) is 7.03. The molecule has 128 valence electrons. The predicted octanol–water partition coefficient (Wildman–Crippen LogP) is 3.47. The van der Waals surface area contributed by atoms with Crippen LogP contribution in [-0.2, 0) is 13.0 Å². The van der Waals surface area contributed by atoms with Crippen molar-refractivity contribution >= 4 is 28.6 Å². The third-order valence-corrected chi connectivity index (χ3v) is 6.97. The molecule has 3 aromatic heterocycles. The lowest BCUT2D eigenvalue weighted by molar-refractivity contribution is 0.0766. The number of hydrogen-bond donors (Lipinski definition) is 0. The van der Waals surface area contributed by atoms with Gasteiger partial charge in [-0.3, -0.25) is 4.79 Å². The van der Waals surface area contributed by atoms with Crippen LogP contribution in [0.25, 0.3) is 10.6 Å². The number of carbonyl (C=O) groups excluding carboxylic acids is 1. The molecule has 0 N–H and O–H groups in total. The molecule has 0 aliphatic carbocycles. The highest BCUT2D eigenvalue weighted by molar-refractivity contribution is 7.13. The average Bonchev–Trinajstić information content (AvgIpc) is 3.36. The highest BCUT2D eigenvalue weighted by Crippen LogP contribution is 2.43. The van der Waals surface area contributed by atoms with Crippen LogP contribution < -0.4 is 0 Å². The van der Waals surface area contributed by atoms with Crippen LogP contribution in [0.5, 0.6) is 0 Å². The first kappa shape index (κ1) is 15.3. The molecule has 1 saturated heterocycles. The number of likely N-dealkylation sites (tertiary alicyclic amines) is 1. The number of thiazole rings is 1. The molecule has 1 amide bonds.